The minimum atomic E-state index is -1.02. The molecule has 9 heteroatoms. The molecule has 222 valence electrons. The van der Waals surface area contributed by atoms with Crippen molar-refractivity contribution >= 4 is 17.7 Å². The average molecular weight is 565 g/mol. The van der Waals surface area contributed by atoms with E-state index in [0.717, 1.165) is 36.9 Å². The third-order valence-electron chi connectivity index (χ3n) is 8.69. The molecular formula is C32H44N4O5. The Kier molecular flexibility index (Phi) is 8.19. The lowest BCUT2D eigenvalue weighted by Gasteiger charge is -2.43. The van der Waals surface area contributed by atoms with Crippen LogP contribution in [0.5, 0.6) is 5.88 Å². The van der Waals surface area contributed by atoms with Crippen LogP contribution in [0.25, 0.3) is 0 Å². The van der Waals surface area contributed by atoms with Gasteiger partial charge in [-0.3, -0.25) is 4.90 Å². The maximum Gasteiger partial charge on any atom is 0.411 e. The number of carbonyl (C=O) groups excluding carboxylic acids is 1. The summed E-state index contributed by atoms with van der Waals surface area (Å²) in [5.41, 5.74) is 2.70. The zero-order valence-electron chi connectivity index (χ0n) is 25.0. The Morgan fingerprint density at radius 2 is 1.73 bits per heavy atom. The Labute approximate surface area is 243 Å². The second-order valence-corrected chi connectivity index (χ2v) is 13.1. The fourth-order valence-electron chi connectivity index (χ4n) is 6.80. The number of carbonyl (C=O) groups is 2. The van der Waals surface area contributed by atoms with Gasteiger partial charge in [-0.25, -0.2) is 14.6 Å². The number of amides is 1. The maximum atomic E-state index is 13.7. The number of likely N-dealkylation sites (tertiary alicyclic amines) is 1. The Morgan fingerprint density at radius 3 is 2.32 bits per heavy atom. The summed E-state index contributed by atoms with van der Waals surface area (Å²) < 4.78 is 11.1. The molecule has 9 nitrogen and oxygen atoms in total. The summed E-state index contributed by atoms with van der Waals surface area (Å²) in [7, 11) is 1.61. The van der Waals surface area contributed by atoms with Crippen molar-refractivity contribution in [2.75, 3.05) is 12.4 Å². The van der Waals surface area contributed by atoms with Crippen LogP contribution in [0.4, 0.5) is 10.5 Å². The van der Waals surface area contributed by atoms with E-state index in [1.807, 2.05) is 24.3 Å². The van der Waals surface area contributed by atoms with E-state index in [-0.39, 0.29) is 30.1 Å². The highest BCUT2D eigenvalue weighted by atomic mass is 16.6. The zero-order valence-corrected chi connectivity index (χ0v) is 25.0. The number of aromatic nitrogens is 1. The molecule has 2 saturated carbocycles. The average Bonchev–Trinajstić information content (AvgIpc) is 3.67. The summed E-state index contributed by atoms with van der Waals surface area (Å²) in [4.78, 5) is 32.5. The van der Waals surface area contributed by atoms with Crippen LogP contribution in [0.1, 0.15) is 83.4 Å². The summed E-state index contributed by atoms with van der Waals surface area (Å²) in [5, 5.41) is 18.0. The summed E-state index contributed by atoms with van der Waals surface area (Å²) in [6, 6.07) is 10.7. The lowest BCUT2D eigenvalue weighted by Crippen LogP contribution is -2.55. The predicted molar refractivity (Wildman–Crippen MR) is 157 cm³/mol. The van der Waals surface area contributed by atoms with Gasteiger partial charge in [-0.1, -0.05) is 45.0 Å². The molecule has 0 unspecified atom stereocenters. The lowest BCUT2D eigenvalue weighted by molar-refractivity contribution is -0.145. The standard InChI is InChI=1S/C32H44N4O5/c1-18(2)41-31(39)36-27(23-11-8-7-10-22(23)19-13-14-19)26(25(32(3,4)5)28(36)30(37)38)35-21-16-20(17-21)34-24-12-9-15-33-29(24)40-6/h7-12,15,18-21,25-28,34-35H,13-14,16-17H2,1-6H3,(H,37,38)/t20?,21?,25-,26-,27-,28-/m0/s1. The van der Waals surface area contributed by atoms with Crippen molar-refractivity contribution in [2.24, 2.45) is 11.3 Å². The largest absolute Gasteiger partial charge is 0.480 e. The molecule has 1 aromatic carbocycles. The van der Waals surface area contributed by atoms with E-state index < -0.39 is 29.6 Å². The van der Waals surface area contributed by atoms with Crippen molar-refractivity contribution in [1.82, 2.24) is 15.2 Å². The first-order valence-electron chi connectivity index (χ1n) is 14.8. The molecule has 5 rings (SSSR count). The van der Waals surface area contributed by atoms with E-state index in [1.54, 1.807) is 27.2 Å². The molecule has 1 saturated heterocycles. The number of benzene rings is 1. The van der Waals surface area contributed by atoms with Gasteiger partial charge in [0.05, 0.1) is 24.9 Å². The Bertz CT molecular complexity index is 1250. The number of aliphatic carboxylic acids is 1. The lowest BCUT2D eigenvalue weighted by atomic mass is 9.71. The van der Waals surface area contributed by atoms with Gasteiger partial charge in [0.15, 0.2) is 0 Å². The number of hydrogen-bond acceptors (Lipinski definition) is 7. The van der Waals surface area contributed by atoms with Gasteiger partial charge >= 0.3 is 12.1 Å². The van der Waals surface area contributed by atoms with Gasteiger partial charge in [0.25, 0.3) is 0 Å². The number of hydrogen-bond donors (Lipinski definition) is 3. The topological polar surface area (TPSA) is 113 Å². The van der Waals surface area contributed by atoms with Crippen LogP contribution in [-0.2, 0) is 9.53 Å². The van der Waals surface area contributed by atoms with E-state index in [4.69, 9.17) is 9.47 Å². The first-order chi connectivity index (χ1) is 19.5. The normalized spacial score (nSPS) is 27.8. The van der Waals surface area contributed by atoms with Gasteiger partial charge in [0.1, 0.15) is 6.04 Å². The molecule has 4 atom stereocenters. The smallest absolute Gasteiger partial charge is 0.411 e. The predicted octanol–water partition coefficient (Wildman–Crippen LogP) is 5.59. The van der Waals surface area contributed by atoms with E-state index in [9.17, 15) is 14.7 Å². The van der Waals surface area contributed by atoms with Crippen LogP contribution in [0.3, 0.4) is 0 Å². The zero-order chi connectivity index (χ0) is 29.5. The first-order valence-corrected chi connectivity index (χ1v) is 14.8. The van der Waals surface area contributed by atoms with Crippen LogP contribution in [0.15, 0.2) is 42.6 Å². The van der Waals surface area contributed by atoms with E-state index in [2.05, 4.69) is 48.5 Å². The quantitative estimate of drug-likeness (QED) is 0.362. The molecule has 2 heterocycles. The van der Waals surface area contributed by atoms with Gasteiger partial charge in [-0.2, -0.15) is 0 Å². The molecule has 3 N–H and O–H groups in total. The monoisotopic (exact) mass is 564 g/mol. The Morgan fingerprint density at radius 1 is 1.05 bits per heavy atom. The molecule has 0 spiro atoms. The highest BCUT2D eigenvalue weighted by Crippen LogP contribution is 2.52. The van der Waals surface area contributed by atoms with Gasteiger partial charge in [0, 0.05) is 30.2 Å². The molecule has 2 aromatic rings. The van der Waals surface area contributed by atoms with Gasteiger partial charge in [-0.15, -0.1) is 0 Å². The van der Waals surface area contributed by atoms with E-state index in [0.29, 0.717) is 11.8 Å². The summed E-state index contributed by atoms with van der Waals surface area (Å²) in [5.74, 6) is -0.338. The minimum Gasteiger partial charge on any atom is -0.480 e. The number of anilines is 1. The van der Waals surface area contributed by atoms with E-state index >= 15 is 0 Å². The van der Waals surface area contributed by atoms with Gasteiger partial charge < -0.3 is 25.2 Å². The van der Waals surface area contributed by atoms with Crippen LogP contribution in [-0.4, -0.2) is 64.4 Å². The number of rotatable bonds is 9. The molecule has 3 fully saturated rings. The van der Waals surface area contributed by atoms with Crippen LogP contribution < -0.4 is 15.4 Å². The molecule has 1 amide bonds. The van der Waals surface area contributed by atoms with Crippen molar-refractivity contribution in [2.45, 2.75) is 103 Å². The van der Waals surface area contributed by atoms with Crippen molar-refractivity contribution in [3.8, 4) is 5.88 Å². The van der Waals surface area contributed by atoms with Crippen molar-refractivity contribution in [1.29, 1.82) is 0 Å². The number of nitrogens with zero attached hydrogens (tertiary/aromatic N) is 2. The van der Waals surface area contributed by atoms with Gasteiger partial charge in [-0.05, 0) is 74.1 Å². The molecule has 0 bridgehead atoms. The third kappa shape index (κ3) is 6.01. The van der Waals surface area contributed by atoms with Crippen molar-refractivity contribution in [3.63, 3.8) is 0 Å². The van der Waals surface area contributed by atoms with Crippen LogP contribution in [0, 0.1) is 11.3 Å². The SMILES string of the molecule is COc1ncccc1NC1CC(N[C@H]2[C@H](C(C)(C)C)[C@@H](C(=O)O)N(C(=O)OC(C)C)[C@H]2c2ccccc2C2CC2)C1. The van der Waals surface area contributed by atoms with Crippen molar-refractivity contribution < 1.29 is 24.2 Å². The number of methoxy groups -OCH3 is 1. The molecule has 41 heavy (non-hydrogen) atoms. The molecule has 1 aliphatic heterocycles. The summed E-state index contributed by atoms with van der Waals surface area (Å²) >= 11 is 0. The molecule has 1 aromatic heterocycles. The number of nitrogens with one attached hydrogen (secondary N) is 2. The van der Waals surface area contributed by atoms with Gasteiger partial charge in [0.2, 0.25) is 5.88 Å². The number of pyridine rings is 1. The third-order valence-corrected chi connectivity index (χ3v) is 8.69. The van der Waals surface area contributed by atoms with Crippen LogP contribution in [0.2, 0.25) is 0 Å². The number of carboxylic acids is 1. The fraction of sp³-hybridized carbons (Fsp3) is 0.594. The second kappa shape index (κ2) is 11.5. The first kappa shape index (κ1) is 29.2. The highest BCUT2D eigenvalue weighted by molar-refractivity contribution is 5.82. The second-order valence-electron chi connectivity index (χ2n) is 13.1. The minimum absolute atomic E-state index is 0.163. The van der Waals surface area contributed by atoms with Crippen molar-refractivity contribution in [3.05, 3.63) is 53.7 Å². The summed E-state index contributed by atoms with van der Waals surface area (Å²) in [6.45, 7) is 9.81. The molecule has 2 aliphatic carbocycles. The van der Waals surface area contributed by atoms with E-state index in [1.165, 1.54) is 10.5 Å². The van der Waals surface area contributed by atoms with Crippen LogP contribution >= 0.6 is 0 Å². The Balaban J connectivity index is 1.48. The molecular weight excluding hydrogens is 520 g/mol. The molecule has 3 aliphatic rings. The summed E-state index contributed by atoms with van der Waals surface area (Å²) in [6.07, 6.45) is 4.70. The fourth-order valence-corrected chi connectivity index (χ4v) is 6.80. The number of ether oxygens (including phenoxy) is 2. The Hall–Kier alpha value is -3.33. The highest BCUT2D eigenvalue weighted by Gasteiger charge is 2.60. The molecule has 0 radical (unpaired) electrons. The number of carboxylic acid groups (broad SMARTS) is 1. The maximum absolute atomic E-state index is 13.7.